The lowest BCUT2D eigenvalue weighted by atomic mass is 9.94. The second-order valence-corrected chi connectivity index (χ2v) is 6.88. The van der Waals surface area contributed by atoms with E-state index in [0.29, 0.717) is 6.42 Å². The second-order valence-electron chi connectivity index (χ2n) is 6.88. The Morgan fingerprint density at radius 3 is 2.24 bits per heavy atom. The van der Waals surface area contributed by atoms with Crippen LogP contribution in [0, 0.1) is 0 Å². The van der Waals surface area contributed by atoms with Crippen molar-refractivity contribution >= 4 is 23.5 Å². The smallest absolute Gasteiger partial charge is 0.338 e. The number of rotatable bonds is 5. The fourth-order valence-electron chi connectivity index (χ4n) is 2.04. The summed E-state index contributed by atoms with van der Waals surface area (Å²) in [7, 11) is 0. The van der Waals surface area contributed by atoms with Crippen LogP contribution in [-0.4, -0.2) is 34.1 Å². The van der Waals surface area contributed by atoms with E-state index in [9.17, 15) is 14.4 Å². The van der Waals surface area contributed by atoms with Gasteiger partial charge in [-0.1, -0.05) is 31.9 Å². The minimum atomic E-state index is -1.93. The van der Waals surface area contributed by atoms with Crippen LogP contribution < -0.4 is 11.1 Å². The maximum absolute atomic E-state index is 11.7. The number of para-hydroxylation sites is 1. The van der Waals surface area contributed by atoms with Gasteiger partial charge in [-0.05, 0) is 39.3 Å². The van der Waals surface area contributed by atoms with Gasteiger partial charge >= 0.3 is 11.9 Å². The number of benzene rings is 1. The summed E-state index contributed by atoms with van der Waals surface area (Å²) >= 11 is 0. The summed E-state index contributed by atoms with van der Waals surface area (Å²) in [4.78, 5) is 33.3. The lowest BCUT2D eigenvalue weighted by molar-refractivity contribution is -0.169. The van der Waals surface area contributed by atoms with Gasteiger partial charge in [0, 0.05) is 0 Å². The number of ether oxygens (including phenoxy) is 1. The minimum absolute atomic E-state index is 0.0330. The normalized spacial score (nSPS) is 14.7. The molecule has 1 unspecified atom stereocenters. The maximum Gasteiger partial charge on any atom is 0.338 e. The van der Waals surface area contributed by atoms with Crippen molar-refractivity contribution in [1.29, 1.82) is 0 Å². The molecule has 7 nitrogen and oxygen atoms in total. The maximum atomic E-state index is 11.7. The van der Waals surface area contributed by atoms with Crippen molar-refractivity contribution in [3.8, 4) is 0 Å². The monoisotopic (exact) mass is 350 g/mol. The fourth-order valence-corrected chi connectivity index (χ4v) is 2.04. The third kappa shape index (κ3) is 5.56. The Hall–Kier alpha value is -2.41. The van der Waals surface area contributed by atoms with Crippen molar-refractivity contribution in [2.24, 2.45) is 5.73 Å². The van der Waals surface area contributed by atoms with Crippen molar-refractivity contribution in [1.82, 2.24) is 0 Å². The molecule has 1 atom stereocenters. The third-order valence-electron chi connectivity index (χ3n) is 3.49. The highest BCUT2D eigenvalue weighted by Gasteiger charge is 2.44. The number of hydrogen-bond donors (Lipinski definition) is 3. The van der Waals surface area contributed by atoms with Gasteiger partial charge in [0.15, 0.2) is 0 Å². The van der Waals surface area contributed by atoms with Gasteiger partial charge in [0.05, 0.1) is 11.3 Å². The molecule has 1 amide bonds. The summed E-state index contributed by atoms with van der Waals surface area (Å²) in [5.74, 6) is -2.18. The molecule has 1 heterocycles. The van der Waals surface area contributed by atoms with Crippen molar-refractivity contribution in [3.63, 3.8) is 0 Å². The highest BCUT2D eigenvalue weighted by Crippen LogP contribution is 2.23. The number of esters is 1. The van der Waals surface area contributed by atoms with E-state index >= 15 is 0 Å². The molecule has 2 rings (SSSR count). The number of unbranched alkanes of at least 4 members (excludes halogenated alkanes) is 1. The Kier molecular flexibility index (Phi) is 6.70. The zero-order valence-electron chi connectivity index (χ0n) is 15.1. The van der Waals surface area contributed by atoms with Crippen LogP contribution in [0.5, 0.6) is 0 Å². The van der Waals surface area contributed by atoms with E-state index in [2.05, 4.69) is 5.32 Å². The highest BCUT2D eigenvalue weighted by atomic mass is 16.6. The van der Waals surface area contributed by atoms with Crippen molar-refractivity contribution in [3.05, 3.63) is 29.8 Å². The molecule has 4 N–H and O–H groups in total. The SMILES string of the molecule is CCCCC(N)(C(=O)O)C(=O)OC(C)(C)C.O=C1Nc2ccccc21. The van der Waals surface area contributed by atoms with Crippen LogP contribution in [0.25, 0.3) is 0 Å². The Balaban J connectivity index is 0.000000286. The lowest BCUT2D eigenvalue weighted by Crippen LogP contribution is -2.57. The van der Waals surface area contributed by atoms with Gasteiger partial charge in [-0.3, -0.25) is 4.79 Å². The number of amides is 1. The van der Waals surface area contributed by atoms with Crippen molar-refractivity contribution in [2.45, 2.75) is 58.1 Å². The summed E-state index contributed by atoms with van der Waals surface area (Å²) in [6, 6.07) is 7.46. The first-order chi connectivity index (χ1) is 11.5. The Morgan fingerprint density at radius 1 is 1.24 bits per heavy atom. The van der Waals surface area contributed by atoms with Crippen LogP contribution in [0.2, 0.25) is 0 Å². The Bertz CT molecular complexity index is 651. The Morgan fingerprint density at radius 2 is 1.84 bits per heavy atom. The molecule has 25 heavy (non-hydrogen) atoms. The highest BCUT2D eigenvalue weighted by molar-refractivity contribution is 6.17. The van der Waals surface area contributed by atoms with E-state index in [0.717, 1.165) is 17.7 Å². The van der Waals surface area contributed by atoms with E-state index in [4.69, 9.17) is 15.6 Å². The van der Waals surface area contributed by atoms with Crippen LogP contribution in [0.15, 0.2) is 24.3 Å². The number of fused-ring (bicyclic) bond motifs is 1. The van der Waals surface area contributed by atoms with Gasteiger partial charge in [-0.25, -0.2) is 9.59 Å². The van der Waals surface area contributed by atoms with Gasteiger partial charge < -0.3 is 20.9 Å². The molecule has 0 saturated carbocycles. The molecule has 1 aromatic carbocycles. The number of nitrogens with one attached hydrogen (secondary N) is 1. The molecule has 1 aliphatic heterocycles. The topological polar surface area (TPSA) is 119 Å². The average molecular weight is 350 g/mol. The molecule has 7 heteroatoms. The predicted octanol–water partition coefficient (Wildman–Crippen LogP) is 2.55. The summed E-state index contributed by atoms with van der Waals surface area (Å²) in [6.07, 6.45) is 1.44. The zero-order valence-corrected chi connectivity index (χ0v) is 15.1. The van der Waals surface area contributed by atoms with Gasteiger partial charge in [0.2, 0.25) is 5.54 Å². The first kappa shape index (κ1) is 20.6. The largest absolute Gasteiger partial charge is 0.479 e. The van der Waals surface area contributed by atoms with E-state index in [-0.39, 0.29) is 12.3 Å². The molecule has 0 saturated heterocycles. The summed E-state index contributed by atoms with van der Waals surface area (Å²) in [6.45, 7) is 6.92. The fraction of sp³-hybridized carbons (Fsp3) is 0.500. The van der Waals surface area contributed by atoms with Crippen LogP contribution in [-0.2, 0) is 14.3 Å². The molecule has 138 valence electrons. The zero-order chi connectivity index (χ0) is 19.3. The molecule has 1 aromatic rings. The first-order valence-electron chi connectivity index (χ1n) is 8.17. The second kappa shape index (κ2) is 8.11. The number of nitrogens with two attached hydrogens (primary N) is 1. The molecule has 0 bridgehead atoms. The summed E-state index contributed by atoms with van der Waals surface area (Å²) in [5.41, 5.74) is 4.69. The van der Waals surface area contributed by atoms with Crippen LogP contribution in [0.4, 0.5) is 5.69 Å². The number of anilines is 1. The molecular weight excluding hydrogens is 324 g/mol. The number of aliphatic carboxylic acids is 1. The molecule has 0 fully saturated rings. The molecule has 1 aliphatic rings. The third-order valence-corrected chi connectivity index (χ3v) is 3.49. The van der Waals surface area contributed by atoms with Gasteiger partial charge in [0.25, 0.3) is 5.91 Å². The Labute approximate surface area is 147 Å². The van der Waals surface area contributed by atoms with E-state index in [1.807, 2.05) is 31.2 Å². The lowest BCUT2D eigenvalue weighted by Gasteiger charge is -2.28. The molecule has 0 radical (unpaired) electrons. The van der Waals surface area contributed by atoms with Gasteiger partial charge in [0.1, 0.15) is 5.60 Å². The molecular formula is C18H26N2O5. The van der Waals surface area contributed by atoms with Crippen molar-refractivity contribution < 1.29 is 24.2 Å². The minimum Gasteiger partial charge on any atom is -0.479 e. The average Bonchev–Trinajstić information content (AvgIpc) is 2.50. The quantitative estimate of drug-likeness (QED) is 0.555. The summed E-state index contributed by atoms with van der Waals surface area (Å²) < 4.78 is 5.02. The predicted molar refractivity (Wildman–Crippen MR) is 94.3 cm³/mol. The van der Waals surface area contributed by atoms with E-state index in [1.54, 1.807) is 20.8 Å². The van der Waals surface area contributed by atoms with Crippen molar-refractivity contribution in [2.75, 3.05) is 5.32 Å². The van der Waals surface area contributed by atoms with Crippen LogP contribution in [0.3, 0.4) is 0 Å². The first-order valence-corrected chi connectivity index (χ1v) is 8.17. The van der Waals surface area contributed by atoms with E-state index in [1.165, 1.54) is 0 Å². The van der Waals surface area contributed by atoms with Crippen LogP contribution in [0.1, 0.15) is 57.3 Å². The molecule has 0 aliphatic carbocycles. The number of carboxylic acid groups (broad SMARTS) is 1. The number of carboxylic acids is 1. The molecule has 0 spiro atoms. The van der Waals surface area contributed by atoms with Crippen LogP contribution >= 0.6 is 0 Å². The standard InChI is InChI=1S/C11H21NO4.C7H5NO/c1-5-6-7-11(12,8(13)14)9(15)16-10(2,3)4;9-7-5-3-1-2-4-6(5)8-7/h5-7,12H2,1-4H3,(H,13,14);1-4H,(H,8,9). The van der Waals surface area contributed by atoms with Gasteiger partial charge in [-0.15, -0.1) is 0 Å². The molecule has 0 aromatic heterocycles. The number of carbonyl (C=O) groups is 3. The number of hydrogen-bond acceptors (Lipinski definition) is 5. The van der Waals surface area contributed by atoms with Gasteiger partial charge in [-0.2, -0.15) is 0 Å². The van der Waals surface area contributed by atoms with E-state index < -0.39 is 23.1 Å². The number of carbonyl (C=O) groups excluding carboxylic acids is 2. The summed E-state index contributed by atoms with van der Waals surface area (Å²) in [5, 5.41) is 11.6.